The van der Waals surface area contributed by atoms with Crippen LogP contribution in [0.2, 0.25) is 0 Å². The Kier molecular flexibility index (Phi) is 5.77. The van der Waals surface area contributed by atoms with Crippen LogP contribution < -0.4 is 11.5 Å². The Balaban J connectivity index is 1.86. The van der Waals surface area contributed by atoms with E-state index in [0.29, 0.717) is 12.5 Å². The van der Waals surface area contributed by atoms with Gasteiger partial charge in [-0.2, -0.15) is 18.2 Å². The highest BCUT2D eigenvalue weighted by Gasteiger charge is 2.38. The lowest BCUT2D eigenvalue weighted by Gasteiger charge is -2.20. The van der Waals surface area contributed by atoms with Crippen LogP contribution in [0.1, 0.15) is 44.2 Å². The predicted octanol–water partition coefficient (Wildman–Crippen LogP) is 2.89. The number of carbonyl (C=O) groups is 2. The number of hydrogen-bond donors (Lipinski definition) is 2. The minimum absolute atomic E-state index is 0.0156. The standard InChI is InChI=1S/C20H18F4N4O2/c21-14-4-1-11(2-5-14)18(30)28-8-7-13(10-28)15-6-3-12(17(29)27-19(25)26)9-16(15)20(22,23)24/h1-6,9,13H,7-8,10H2,(H4,25,26,27,29). The van der Waals surface area contributed by atoms with Crippen LogP contribution in [-0.4, -0.2) is 35.8 Å². The Morgan fingerprint density at radius 3 is 2.27 bits per heavy atom. The molecule has 1 aliphatic rings. The summed E-state index contributed by atoms with van der Waals surface area (Å²) in [4.78, 5) is 29.1. The smallest absolute Gasteiger partial charge is 0.370 e. The van der Waals surface area contributed by atoms with Crippen molar-refractivity contribution in [1.82, 2.24) is 4.90 Å². The second-order valence-corrected chi connectivity index (χ2v) is 6.89. The molecule has 0 aromatic heterocycles. The van der Waals surface area contributed by atoms with Crippen molar-refractivity contribution in [3.8, 4) is 0 Å². The zero-order chi connectivity index (χ0) is 22.1. The van der Waals surface area contributed by atoms with Crippen LogP contribution in [0.3, 0.4) is 0 Å². The lowest BCUT2D eigenvalue weighted by molar-refractivity contribution is -0.138. The van der Waals surface area contributed by atoms with E-state index in [2.05, 4.69) is 4.99 Å². The Bertz CT molecular complexity index is 999. The molecule has 10 heteroatoms. The summed E-state index contributed by atoms with van der Waals surface area (Å²) in [6.07, 6.45) is -4.39. The molecule has 1 fully saturated rings. The Morgan fingerprint density at radius 2 is 1.67 bits per heavy atom. The second kappa shape index (κ2) is 8.13. The largest absolute Gasteiger partial charge is 0.416 e. The fraction of sp³-hybridized carbons (Fsp3) is 0.250. The molecule has 2 aromatic rings. The highest BCUT2D eigenvalue weighted by atomic mass is 19.4. The van der Waals surface area contributed by atoms with E-state index in [4.69, 9.17) is 11.5 Å². The van der Waals surface area contributed by atoms with Crippen molar-refractivity contribution in [2.24, 2.45) is 16.5 Å². The minimum Gasteiger partial charge on any atom is -0.370 e. The van der Waals surface area contributed by atoms with Crippen molar-refractivity contribution in [2.45, 2.75) is 18.5 Å². The number of nitrogens with zero attached hydrogens (tertiary/aromatic N) is 2. The van der Waals surface area contributed by atoms with Gasteiger partial charge in [-0.05, 0) is 48.4 Å². The molecule has 2 aromatic carbocycles. The number of hydrogen-bond acceptors (Lipinski definition) is 2. The van der Waals surface area contributed by atoms with Gasteiger partial charge in [0.1, 0.15) is 5.82 Å². The van der Waals surface area contributed by atoms with E-state index in [1.54, 1.807) is 0 Å². The first-order valence-corrected chi connectivity index (χ1v) is 8.96. The average Bonchev–Trinajstić information content (AvgIpc) is 3.16. The SMILES string of the molecule is NC(N)=NC(=O)c1ccc(C2CCN(C(=O)c3ccc(F)cc3)C2)c(C(F)(F)F)c1. The molecule has 30 heavy (non-hydrogen) atoms. The maximum atomic E-state index is 13.7. The number of benzene rings is 2. The molecule has 0 spiro atoms. The summed E-state index contributed by atoms with van der Waals surface area (Å²) in [5.74, 6) is -2.98. The molecule has 158 valence electrons. The number of halogens is 4. The molecule has 1 aliphatic heterocycles. The molecule has 4 N–H and O–H groups in total. The van der Waals surface area contributed by atoms with Crippen LogP contribution in [0.15, 0.2) is 47.5 Å². The molecule has 0 radical (unpaired) electrons. The summed E-state index contributed by atoms with van der Waals surface area (Å²) < 4.78 is 54.0. The number of alkyl halides is 3. The Labute approximate surface area is 169 Å². The average molecular weight is 422 g/mol. The van der Waals surface area contributed by atoms with Crippen molar-refractivity contribution < 1.29 is 27.2 Å². The normalized spacial score (nSPS) is 16.4. The van der Waals surface area contributed by atoms with Crippen LogP contribution >= 0.6 is 0 Å². The summed E-state index contributed by atoms with van der Waals surface area (Å²) in [5, 5.41) is 0. The van der Waals surface area contributed by atoms with E-state index < -0.39 is 35.3 Å². The third-order valence-corrected chi connectivity index (χ3v) is 4.84. The zero-order valence-corrected chi connectivity index (χ0v) is 15.6. The van der Waals surface area contributed by atoms with Crippen molar-refractivity contribution in [3.63, 3.8) is 0 Å². The lowest BCUT2D eigenvalue weighted by Crippen LogP contribution is -2.28. The van der Waals surface area contributed by atoms with Crippen LogP contribution in [-0.2, 0) is 6.18 Å². The molecule has 0 aliphatic carbocycles. The van der Waals surface area contributed by atoms with E-state index in [9.17, 15) is 27.2 Å². The first-order valence-electron chi connectivity index (χ1n) is 8.96. The summed E-state index contributed by atoms with van der Waals surface area (Å²) in [5.41, 5.74) is 9.19. The summed E-state index contributed by atoms with van der Waals surface area (Å²) >= 11 is 0. The molecule has 0 saturated carbocycles. The van der Waals surface area contributed by atoms with Gasteiger partial charge in [0.15, 0.2) is 5.96 Å². The molecule has 0 bridgehead atoms. The highest BCUT2D eigenvalue weighted by molar-refractivity contribution is 6.02. The van der Waals surface area contributed by atoms with Gasteiger partial charge in [-0.3, -0.25) is 9.59 Å². The van der Waals surface area contributed by atoms with Crippen LogP contribution in [0.4, 0.5) is 17.6 Å². The Hall–Kier alpha value is -3.43. The summed E-state index contributed by atoms with van der Waals surface area (Å²) in [6, 6.07) is 8.11. The molecular formula is C20H18F4N4O2. The van der Waals surface area contributed by atoms with E-state index in [1.807, 2.05) is 0 Å². The third-order valence-electron chi connectivity index (χ3n) is 4.84. The monoisotopic (exact) mass is 422 g/mol. The fourth-order valence-corrected chi connectivity index (χ4v) is 3.45. The molecule has 3 rings (SSSR count). The first kappa shape index (κ1) is 21.3. The van der Waals surface area contributed by atoms with Gasteiger partial charge in [0.2, 0.25) is 0 Å². The molecule has 1 heterocycles. The van der Waals surface area contributed by atoms with E-state index in [-0.39, 0.29) is 35.7 Å². The van der Waals surface area contributed by atoms with Crippen LogP contribution in [0.5, 0.6) is 0 Å². The lowest BCUT2D eigenvalue weighted by atomic mass is 9.91. The topological polar surface area (TPSA) is 102 Å². The molecule has 1 saturated heterocycles. The van der Waals surface area contributed by atoms with Gasteiger partial charge in [0.05, 0.1) is 5.56 Å². The first-order chi connectivity index (χ1) is 14.1. The second-order valence-electron chi connectivity index (χ2n) is 6.89. The predicted molar refractivity (Wildman–Crippen MR) is 101 cm³/mol. The maximum Gasteiger partial charge on any atom is 0.416 e. The quantitative estimate of drug-likeness (QED) is 0.451. The van der Waals surface area contributed by atoms with Gasteiger partial charge in [0.25, 0.3) is 11.8 Å². The summed E-state index contributed by atoms with van der Waals surface area (Å²) in [6.45, 7) is 0.327. The van der Waals surface area contributed by atoms with Crippen molar-refractivity contribution >= 4 is 17.8 Å². The number of carbonyl (C=O) groups excluding carboxylic acids is 2. The van der Waals surface area contributed by atoms with Gasteiger partial charge in [-0.1, -0.05) is 6.07 Å². The number of nitrogens with two attached hydrogens (primary N) is 2. The van der Waals surface area contributed by atoms with E-state index >= 15 is 0 Å². The van der Waals surface area contributed by atoms with Gasteiger partial charge >= 0.3 is 6.18 Å². The molecule has 1 unspecified atom stereocenters. The highest BCUT2D eigenvalue weighted by Crippen LogP contribution is 2.39. The van der Waals surface area contributed by atoms with E-state index in [0.717, 1.165) is 12.1 Å². The Morgan fingerprint density at radius 1 is 1.03 bits per heavy atom. The third kappa shape index (κ3) is 4.58. The van der Waals surface area contributed by atoms with Gasteiger partial charge in [0, 0.05) is 30.1 Å². The van der Waals surface area contributed by atoms with Crippen molar-refractivity contribution in [3.05, 3.63) is 70.5 Å². The van der Waals surface area contributed by atoms with E-state index in [1.165, 1.54) is 29.2 Å². The van der Waals surface area contributed by atoms with Gasteiger partial charge < -0.3 is 16.4 Å². The molecule has 2 amide bonds. The van der Waals surface area contributed by atoms with Crippen molar-refractivity contribution in [2.75, 3.05) is 13.1 Å². The number of likely N-dealkylation sites (tertiary alicyclic amines) is 1. The number of amides is 2. The van der Waals surface area contributed by atoms with Gasteiger partial charge in [-0.25, -0.2) is 4.39 Å². The minimum atomic E-state index is -4.71. The van der Waals surface area contributed by atoms with Gasteiger partial charge in [-0.15, -0.1) is 0 Å². The fourth-order valence-electron chi connectivity index (χ4n) is 3.45. The maximum absolute atomic E-state index is 13.7. The van der Waals surface area contributed by atoms with Crippen molar-refractivity contribution in [1.29, 1.82) is 0 Å². The summed E-state index contributed by atoms with van der Waals surface area (Å²) in [7, 11) is 0. The zero-order valence-electron chi connectivity index (χ0n) is 15.6. The van der Waals surface area contributed by atoms with Crippen LogP contribution in [0, 0.1) is 5.82 Å². The number of guanidine groups is 1. The molecule has 6 nitrogen and oxygen atoms in total. The number of aliphatic imine (C=N–C) groups is 1. The van der Waals surface area contributed by atoms with Crippen LogP contribution in [0.25, 0.3) is 0 Å². The number of rotatable bonds is 3. The molecular weight excluding hydrogens is 404 g/mol. The molecule has 1 atom stereocenters.